The molecule has 1 amide bonds. The molecule has 0 aliphatic rings. The van der Waals surface area contributed by atoms with Gasteiger partial charge in [-0.2, -0.15) is 0 Å². The molecular weight excluding hydrogens is 246 g/mol. The van der Waals surface area contributed by atoms with Crippen LogP contribution in [-0.2, 0) is 9.53 Å². The van der Waals surface area contributed by atoms with Crippen LogP contribution >= 0.6 is 0 Å². The second-order valence-corrected chi connectivity index (χ2v) is 3.76. The number of hydrogen-bond donors (Lipinski definition) is 1. The Morgan fingerprint density at radius 2 is 1.89 bits per heavy atom. The van der Waals surface area contributed by atoms with Crippen molar-refractivity contribution in [1.82, 2.24) is 5.32 Å². The highest BCUT2D eigenvalue weighted by molar-refractivity contribution is 5.96. The molecule has 0 aliphatic heterocycles. The Balaban J connectivity index is 2.65. The molecule has 5 nitrogen and oxygen atoms in total. The van der Waals surface area contributed by atoms with Crippen LogP contribution in [0.3, 0.4) is 0 Å². The largest absolute Gasteiger partial charge is 0.497 e. The van der Waals surface area contributed by atoms with E-state index in [1.807, 2.05) is 0 Å². The topological polar surface area (TPSA) is 64.6 Å². The SMILES string of the molecule is CCOC(=O)/C=C(/C)NC(=O)c1ccc(OC)cc1. The molecule has 102 valence electrons. The predicted molar refractivity (Wildman–Crippen MR) is 70.9 cm³/mol. The summed E-state index contributed by atoms with van der Waals surface area (Å²) in [5, 5.41) is 2.60. The molecule has 0 heterocycles. The van der Waals surface area contributed by atoms with Gasteiger partial charge < -0.3 is 14.8 Å². The van der Waals surface area contributed by atoms with E-state index < -0.39 is 5.97 Å². The van der Waals surface area contributed by atoms with Gasteiger partial charge in [-0.1, -0.05) is 0 Å². The zero-order valence-electron chi connectivity index (χ0n) is 11.2. The van der Waals surface area contributed by atoms with Gasteiger partial charge in [-0.3, -0.25) is 4.79 Å². The van der Waals surface area contributed by atoms with E-state index in [1.165, 1.54) is 6.08 Å². The van der Waals surface area contributed by atoms with Crippen LogP contribution in [0.4, 0.5) is 0 Å². The van der Waals surface area contributed by atoms with Crippen molar-refractivity contribution in [1.29, 1.82) is 0 Å². The molecule has 0 bridgehead atoms. The van der Waals surface area contributed by atoms with Crippen molar-refractivity contribution < 1.29 is 19.1 Å². The molecule has 0 radical (unpaired) electrons. The molecule has 0 spiro atoms. The van der Waals surface area contributed by atoms with Crippen LogP contribution in [0.15, 0.2) is 36.0 Å². The van der Waals surface area contributed by atoms with Gasteiger partial charge in [0.1, 0.15) is 5.75 Å². The summed E-state index contributed by atoms with van der Waals surface area (Å²) >= 11 is 0. The monoisotopic (exact) mass is 263 g/mol. The Morgan fingerprint density at radius 1 is 1.26 bits per heavy atom. The summed E-state index contributed by atoms with van der Waals surface area (Å²) in [5.41, 5.74) is 0.914. The molecule has 1 aromatic rings. The lowest BCUT2D eigenvalue weighted by Gasteiger charge is -2.06. The van der Waals surface area contributed by atoms with E-state index in [-0.39, 0.29) is 5.91 Å². The third kappa shape index (κ3) is 4.83. The molecule has 5 heteroatoms. The molecule has 0 aromatic heterocycles. The normalized spacial score (nSPS) is 10.8. The molecule has 1 aromatic carbocycles. The lowest BCUT2D eigenvalue weighted by Crippen LogP contribution is -2.22. The number of esters is 1. The number of methoxy groups -OCH3 is 1. The Kier molecular flexibility index (Phi) is 5.60. The van der Waals surface area contributed by atoms with Gasteiger partial charge >= 0.3 is 5.97 Å². The fraction of sp³-hybridized carbons (Fsp3) is 0.286. The first kappa shape index (κ1) is 14.8. The van der Waals surface area contributed by atoms with E-state index in [9.17, 15) is 9.59 Å². The zero-order valence-corrected chi connectivity index (χ0v) is 11.2. The van der Waals surface area contributed by atoms with Crippen LogP contribution in [0.2, 0.25) is 0 Å². The van der Waals surface area contributed by atoms with Crippen LogP contribution in [0.1, 0.15) is 24.2 Å². The molecule has 0 fully saturated rings. The van der Waals surface area contributed by atoms with Crippen LogP contribution in [0.5, 0.6) is 5.75 Å². The summed E-state index contributed by atoms with van der Waals surface area (Å²) in [4.78, 5) is 23.0. The number of benzene rings is 1. The average Bonchev–Trinajstić information content (AvgIpc) is 2.38. The first-order valence-electron chi connectivity index (χ1n) is 5.87. The zero-order chi connectivity index (χ0) is 14.3. The van der Waals surface area contributed by atoms with Crippen LogP contribution in [0.25, 0.3) is 0 Å². The fourth-order valence-corrected chi connectivity index (χ4v) is 1.39. The molecule has 0 atom stereocenters. The Labute approximate surface area is 112 Å². The fourth-order valence-electron chi connectivity index (χ4n) is 1.39. The number of carbonyl (C=O) groups is 2. The van der Waals surface area contributed by atoms with Crippen LogP contribution in [0, 0.1) is 0 Å². The van der Waals surface area contributed by atoms with Gasteiger partial charge in [0.15, 0.2) is 0 Å². The maximum Gasteiger partial charge on any atom is 0.332 e. The van der Waals surface area contributed by atoms with Gasteiger partial charge in [0, 0.05) is 17.3 Å². The Bertz CT molecular complexity index is 477. The third-order valence-electron chi connectivity index (χ3n) is 2.28. The number of nitrogens with one attached hydrogen (secondary N) is 1. The maximum atomic E-state index is 11.8. The van der Waals surface area contributed by atoms with E-state index in [2.05, 4.69) is 5.32 Å². The van der Waals surface area contributed by atoms with Gasteiger partial charge in [-0.25, -0.2) is 4.79 Å². The molecule has 1 N–H and O–H groups in total. The van der Waals surface area contributed by atoms with Gasteiger partial charge in [-0.15, -0.1) is 0 Å². The minimum Gasteiger partial charge on any atom is -0.497 e. The van der Waals surface area contributed by atoms with E-state index in [0.717, 1.165) is 0 Å². The highest BCUT2D eigenvalue weighted by Gasteiger charge is 2.07. The van der Waals surface area contributed by atoms with Gasteiger partial charge in [0.05, 0.1) is 13.7 Å². The number of allylic oxidation sites excluding steroid dienone is 1. The highest BCUT2D eigenvalue weighted by atomic mass is 16.5. The molecule has 0 unspecified atom stereocenters. The average molecular weight is 263 g/mol. The molecule has 19 heavy (non-hydrogen) atoms. The van der Waals surface area contributed by atoms with Gasteiger partial charge in [-0.05, 0) is 38.1 Å². The molecule has 1 rings (SSSR count). The molecule has 0 saturated heterocycles. The van der Waals surface area contributed by atoms with E-state index in [0.29, 0.717) is 23.6 Å². The lowest BCUT2D eigenvalue weighted by atomic mass is 10.2. The van der Waals surface area contributed by atoms with Crippen LogP contribution < -0.4 is 10.1 Å². The Hall–Kier alpha value is -2.30. The first-order chi connectivity index (χ1) is 9.06. The molecule has 0 aliphatic carbocycles. The number of rotatable bonds is 5. The molecular formula is C14H17NO4. The highest BCUT2D eigenvalue weighted by Crippen LogP contribution is 2.11. The quantitative estimate of drug-likeness (QED) is 0.651. The summed E-state index contributed by atoms with van der Waals surface area (Å²) in [5.74, 6) is -0.0916. The van der Waals surface area contributed by atoms with Crippen molar-refractivity contribution in [2.24, 2.45) is 0 Å². The minimum atomic E-state index is -0.477. The molecule has 0 saturated carbocycles. The van der Waals surface area contributed by atoms with E-state index in [4.69, 9.17) is 9.47 Å². The summed E-state index contributed by atoms with van der Waals surface area (Å²) in [6.07, 6.45) is 1.24. The third-order valence-corrected chi connectivity index (χ3v) is 2.28. The summed E-state index contributed by atoms with van der Waals surface area (Å²) < 4.78 is 9.75. The maximum absolute atomic E-state index is 11.8. The van der Waals surface area contributed by atoms with E-state index >= 15 is 0 Å². The van der Waals surface area contributed by atoms with Gasteiger partial charge in [0.2, 0.25) is 0 Å². The van der Waals surface area contributed by atoms with Crippen molar-refractivity contribution in [3.63, 3.8) is 0 Å². The van der Waals surface area contributed by atoms with Crippen molar-refractivity contribution in [2.45, 2.75) is 13.8 Å². The summed E-state index contributed by atoms with van der Waals surface area (Å²) in [7, 11) is 1.56. The van der Waals surface area contributed by atoms with Crippen molar-refractivity contribution in [3.8, 4) is 5.75 Å². The first-order valence-corrected chi connectivity index (χ1v) is 5.87. The number of carbonyl (C=O) groups excluding carboxylic acids is 2. The second-order valence-electron chi connectivity index (χ2n) is 3.76. The van der Waals surface area contributed by atoms with Crippen molar-refractivity contribution in [3.05, 3.63) is 41.6 Å². The summed E-state index contributed by atoms with van der Waals surface area (Å²) in [6.45, 7) is 3.64. The standard InChI is InChI=1S/C14H17NO4/c1-4-19-13(16)9-10(2)15-14(17)11-5-7-12(18-3)8-6-11/h5-9H,4H2,1-3H3,(H,15,17)/b10-9-. The van der Waals surface area contributed by atoms with E-state index in [1.54, 1.807) is 45.2 Å². The second kappa shape index (κ2) is 7.20. The van der Waals surface area contributed by atoms with Crippen molar-refractivity contribution in [2.75, 3.05) is 13.7 Å². The van der Waals surface area contributed by atoms with Crippen LogP contribution in [-0.4, -0.2) is 25.6 Å². The lowest BCUT2D eigenvalue weighted by molar-refractivity contribution is -0.137. The minimum absolute atomic E-state index is 0.291. The predicted octanol–water partition coefficient (Wildman–Crippen LogP) is 1.89. The summed E-state index contributed by atoms with van der Waals surface area (Å²) in [6, 6.07) is 6.68. The van der Waals surface area contributed by atoms with Crippen molar-refractivity contribution >= 4 is 11.9 Å². The number of amides is 1. The Morgan fingerprint density at radius 3 is 2.42 bits per heavy atom. The van der Waals surface area contributed by atoms with Gasteiger partial charge in [0.25, 0.3) is 5.91 Å². The number of ether oxygens (including phenoxy) is 2. The smallest absolute Gasteiger partial charge is 0.332 e. The number of hydrogen-bond acceptors (Lipinski definition) is 4.